The van der Waals surface area contributed by atoms with Crippen molar-refractivity contribution < 1.29 is 13.5 Å². The zero-order valence-corrected chi connectivity index (χ0v) is 15.1. The van der Waals surface area contributed by atoms with Gasteiger partial charge in [-0.15, -0.1) is 0 Å². The number of halogens is 2. The Morgan fingerprint density at radius 2 is 1.81 bits per heavy atom. The minimum atomic E-state index is -0.679. The molecule has 0 aromatic heterocycles. The molecule has 0 saturated carbocycles. The van der Waals surface area contributed by atoms with Crippen LogP contribution in [0.15, 0.2) is 42.5 Å². The Kier molecular flexibility index (Phi) is 6.49. The lowest BCUT2D eigenvalue weighted by Gasteiger charge is -2.27. The zero-order chi connectivity index (χ0) is 18.4. The van der Waals surface area contributed by atoms with Crippen molar-refractivity contribution in [3.63, 3.8) is 0 Å². The van der Waals surface area contributed by atoms with Crippen LogP contribution in [0, 0.1) is 11.6 Å². The molecule has 1 aliphatic heterocycles. The quantitative estimate of drug-likeness (QED) is 0.782. The molecular weight excluding hydrogens is 356 g/mol. The van der Waals surface area contributed by atoms with Crippen molar-refractivity contribution in [1.29, 1.82) is 0 Å². The molecule has 0 radical (unpaired) electrons. The summed E-state index contributed by atoms with van der Waals surface area (Å²) in [5.41, 5.74) is 2.49. The molecule has 0 atom stereocenters. The average Bonchev–Trinajstić information content (AvgIpc) is 2.64. The highest BCUT2D eigenvalue weighted by Crippen LogP contribution is 2.16. The van der Waals surface area contributed by atoms with Gasteiger partial charge in [0.15, 0.2) is 5.11 Å². The lowest BCUT2D eigenvalue weighted by molar-refractivity contribution is 0.0341. The lowest BCUT2D eigenvalue weighted by atomic mass is 10.1. The highest BCUT2D eigenvalue weighted by atomic mass is 32.1. The molecule has 0 bridgehead atoms. The summed E-state index contributed by atoms with van der Waals surface area (Å²) in [7, 11) is 0. The first-order valence-electron chi connectivity index (χ1n) is 8.48. The Balaban J connectivity index is 1.57. The Morgan fingerprint density at radius 3 is 2.54 bits per heavy atom. The first kappa shape index (κ1) is 18.7. The fourth-order valence-corrected chi connectivity index (χ4v) is 3.00. The van der Waals surface area contributed by atoms with Crippen LogP contribution in [0.4, 0.5) is 14.5 Å². The van der Waals surface area contributed by atoms with Crippen LogP contribution >= 0.6 is 12.2 Å². The molecule has 0 spiro atoms. The molecular formula is C19H21F2N3OS. The molecule has 138 valence electrons. The Hall–Kier alpha value is -2.09. The molecule has 2 aromatic rings. The molecule has 0 amide bonds. The summed E-state index contributed by atoms with van der Waals surface area (Å²) in [4.78, 5) is 2.35. The van der Waals surface area contributed by atoms with Gasteiger partial charge in [-0.25, -0.2) is 8.78 Å². The summed E-state index contributed by atoms with van der Waals surface area (Å²) in [6.07, 6.45) is 0. The molecule has 3 rings (SSSR count). The normalized spacial score (nSPS) is 14.8. The molecule has 1 fully saturated rings. The number of nitrogens with one attached hydrogen (secondary N) is 2. The maximum absolute atomic E-state index is 13.7. The van der Waals surface area contributed by atoms with E-state index in [1.54, 1.807) is 0 Å². The van der Waals surface area contributed by atoms with Gasteiger partial charge in [0.05, 0.1) is 18.9 Å². The third-order valence-electron chi connectivity index (χ3n) is 4.23. The van der Waals surface area contributed by atoms with E-state index in [0.29, 0.717) is 6.54 Å². The molecule has 1 aliphatic rings. The van der Waals surface area contributed by atoms with Crippen LogP contribution in [0.5, 0.6) is 0 Å². The Labute approximate surface area is 157 Å². The van der Waals surface area contributed by atoms with E-state index in [2.05, 4.69) is 21.6 Å². The second kappa shape index (κ2) is 9.02. The van der Waals surface area contributed by atoms with Crippen LogP contribution in [0.2, 0.25) is 0 Å². The van der Waals surface area contributed by atoms with Crippen molar-refractivity contribution in [2.45, 2.75) is 13.1 Å². The molecule has 7 heteroatoms. The average molecular weight is 377 g/mol. The van der Waals surface area contributed by atoms with Crippen molar-refractivity contribution in [3.8, 4) is 0 Å². The standard InChI is InChI=1S/C19H21F2N3OS/c20-16-5-6-18(17(21)11-16)23-19(26)22-12-14-3-1-2-4-15(14)13-24-7-9-25-10-8-24/h1-6,11H,7-10,12-13H2,(H2,22,23,26). The van der Waals surface area contributed by atoms with Crippen LogP contribution in [0.25, 0.3) is 0 Å². The lowest BCUT2D eigenvalue weighted by Crippen LogP contribution is -2.36. The van der Waals surface area contributed by atoms with Gasteiger partial charge in [-0.3, -0.25) is 4.90 Å². The van der Waals surface area contributed by atoms with Crippen molar-refractivity contribution in [1.82, 2.24) is 10.2 Å². The van der Waals surface area contributed by atoms with Gasteiger partial charge in [-0.05, 0) is 35.5 Å². The number of nitrogens with zero attached hydrogens (tertiary/aromatic N) is 1. The molecule has 26 heavy (non-hydrogen) atoms. The first-order chi connectivity index (χ1) is 12.6. The number of hydrogen-bond donors (Lipinski definition) is 2. The number of morpholine rings is 1. The Bertz CT molecular complexity index is 766. The number of hydrogen-bond acceptors (Lipinski definition) is 3. The number of ether oxygens (including phenoxy) is 1. The van der Waals surface area contributed by atoms with Crippen LogP contribution in [-0.2, 0) is 17.8 Å². The summed E-state index contributed by atoms with van der Waals surface area (Å²) < 4.78 is 32.0. The summed E-state index contributed by atoms with van der Waals surface area (Å²) in [5, 5.41) is 6.13. The maximum Gasteiger partial charge on any atom is 0.171 e. The minimum Gasteiger partial charge on any atom is -0.379 e. The van der Waals surface area contributed by atoms with Crippen LogP contribution in [0.3, 0.4) is 0 Å². The fourth-order valence-electron chi connectivity index (χ4n) is 2.82. The van der Waals surface area contributed by atoms with Gasteiger partial charge in [-0.2, -0.15) is 0 Å². The van der Waals surface area contributed by atoms with E-state index in [1.165, 1.54) is 17.7 Å². The van der Waals surface area contributed by atoms with Crippen molar-refractivity contribution >= 4 is 23.0 Å². The number of rotatable bonds is 5. The van der Waals surface area contributed by atoms with E-state index < -0.39 is 11.6 Å². The first-order valence-corrected chi connectivity index (χ1v) is 8.89. The molecule has 1 saturated heterocycles. The molecule has 0 unspecified atom stereocenters. The van der Waals surface area contributed by atoms with E-state index in [4.69, 9.17) is 17.0 Å². The molecule has 0 aliphatic carbocycles. The monoisotopic (exact) mass is 377 g/mol. The predicted octanol–water partition coefficient (Wildman–Crippen LogP) is 3.28. The van der Waals surface area contributed by atoms with Gasteiger partial charge in [0, 0.05) is 32.2 Å². The predicted molar refractivity (Wildman–Crippen MR) is 102 cm³/mol. The van der Waals surface area contributed by atoms with Gasteiger partial charge in [0.1, 0.15) is 11.6 Å². The van der Waals surface area contributed by atoms with Crippen molar-refractivity contribution in [2.75, 3.05) is 31.6 Å². The number of thiocarbonyl (C=S) groups is 1. The summed E-state index contributed by atoms with van der Waals surface area (Å²) in [6.45, 7) is 4.75. The van der Waals surface area contributed by atoms with E-state index in [-0.39, 0.29) is 10.8 Å². The van der Waals surface area contributed by atoms with Crippen LogP contribution < -0.4 is 10.6 Å². The van der Waals surface area contributed by atoms with Gasteiger partial charge in [-0.1, -0.05) is 24.3 Å². The summed E-state index contributed by atoms with van der Waals surface area (Å²) in [5.74, 6) is -1.30. The van der Waals surface area contributed by atoms with Gasteiger partial charge in [0.2, 0.25) is 0 Å². The Morgan fingerprint density at radius 1 is 1.08 bits per heavy atom. The van der Waals surface area contributed by atoms with Gasteiger partial charge in [0.25, 0.3) is 0 Å². The smallest absolute Gasteiger partial charge is 0.171 e. The molecule has 1 heterocycles. The largest absolute Gasteiger partial charge is 0.379 e. The number of anilines is 1. The van der Waals surface area contributed by atoms with E-state index >= 15 is 0 Å². The molecule has 2 N–H and O–H groups in total. The topological polar surface area (TPSA) is 36.5 Å². The number of benzene rings is 2. The maximum atomic E-state index is 13.7. The molecule has 4 nitrogen and oxygen atoms in total. The zero-order valence-electron chi connectivity index (χ0n) is 14.3. The van der Waals surface area contributed by atoms with Gasteiger partial charge < -0.3 is 15.4 Å². The van der Waals surface area contributed by atoms with E-state index in [1.807, 2.05) is 18.2 Å². The second-order valence-electron chi connectivity index (χ2n) is 6.09. The van der Waals surface area contributed by atoms with Gasteiger partial charge >= 0.3 is 0 Å². The van der Waals surface area contributed by atoms with E-state index in [0.717, 1.165) is 44.5 Å². The fraction of sp³-hybridized carbons (Fsp3) is 0.316. The summed E-state index contributed by atoms with van der Waals surface area (Å²) >= 11 is 5.22. The minimum absolute atomic E-state index is 0.144. The van der Waals surface area contributed by atoms with E-state index in [9.17, 15) is 8.78 Å². The van der Waals surface area contributed by atoms with Crippen molar-refractivity contribution in [2.24, 2.45) is 0 Å². The highest BCUT2D eigenvalue weighted by molar-refractivity contribution is 7.80. The second-order valence-corrected chi connectivity index (χ2v) is 6.50. The highest BCUT2D eigenvalue weighted by Gasteiger charge is 2.13. The molecule has 2 aromatic carbocycles. The van der Waals surface area contributed by atoms with Crippen LogP contribution in [0.1, 0.15) is 11.1 Å². The third-order valence-corrected chi connectivity index (χ3v) is 4.48. The SMILES string of the molecule is Fc1ccc(NC(=S)NCc2ccccc2CN2CCOCC2)c(F)c1. The third kappa shape index (κ3) is 5.20. The van der Waals surface area contributed by atoms with Crippen molar-refractivity contribution in [3.05, 3.63) is 65.2 Å². The van der Waals surface area contributed by atoms with Crippen LogP contribution in [-0.4, -0.2) is 36.3 Å². The summed E-state index contributed by atoms with van der Waals surface area (Å²) in [6, 6.07) is 11.5.